The molecule has 0 unspecified atom stereocenters. The van der Waals surface area contributed by atoms with Crippen molar-refractivity contribution in [3.8, 4) is 11.3 Å². The fraction of sp³-hybridized carbons (Fsp3) is 0.167. The van der Waals surface area contributed by atoms with Crippen molar-refractivity contribution in [2.24, 2.45) is 5.73 Å². The SMILES string of the molecule is COC(=O)C1=C(Nc2ccc(-c3cc(C(N)=O)c4ccccc4n3)cc2)C(=O)N(CCO)C1. The number of primary amides is 1. The minimum atomic E-state index is -0.609. The lowest BCUT2D eigenvalue weighted by Gasteiger charge is -2.15. The van der Waals surface area contributed by atoms with Crippen molar-refractivity contribution in [2.75, 3.05) is 32.1 Å². The summed E-state index contributed by atoms with van der Waals surface area (Å²) in [5.41, 5.74) is 8.81. The van der Waals surface area contributed by atoms with Crippen LogP contribution in [0.2, 0.25) is 0 Å². The molecule has 0 atom stereocenters. The lowest BCUT2D eigenvalue weighted by atomic mass is 10.0. The molecule has 0 bridgehead atoms. The zero-order chi connectivity index (χ0) is 23.5. The van der Waals surface area contributed by atoms with E-state index in [0.29, 0.717) is 27.8 Å². The predicted molar refractivity (Wildman–Crippen MR) is 122 cm³/mol. The van der Waals surface area contributed by atoms with Crippen LogP contribution in [-0.4, -0.2) is 59.6 Å². The van der Waals surface area contributed by atoms with Crippen LogP contribution in [0.3, 0.4) is 0 Å². The number of hydrogen-bond donors (Lipinski definition) is 3. The van der Waals surface area contributed by atoms with Gasteiger partial charge in [0, 0.05) is 23.2 Å². The second-order valence-electron chi connectivity index (χ2n) is 7.43. The number of carbonyl (C=O) groups excluding carboxylic acids is 3. The highest BCUT2D eigenvalue weighted by Crippen LogP contribution is 2.27. The van der Waals surface area contributed by atoms with Gasteiger partial charge >= 0.3 is 5.97 Å². The van der Waals surface area contributed by atoms with Crippen LogP contribution in [0.25, 0.3) is 22.2 Å². The summed E-state index contributed by atoms with van der Waals surface area (Å²) in [7, 11) is 1.25. The average molecular weight is 446 g/mol. The van der Waals surface area contributed by atoms with Crippen LogP contribution in [0.4, 0.5) is 5.69 Å². The zero-order valence-electron chi connectivity index (χ0n) is 17.9. The van der Waals surface area contributed by atoms with Crippen LogP contribution in [0.15, 0.2) is 65.9 Å². The van der Waals surface area contributed by atoms with E-state index in [1.165, 1.54) is 12.0 Å². The van der Waals surface area contributed by atoms with Crippen molar-refractivity contribution in [1.82, 2.24) is 9.88 Å². The van der Waals surface area contributed by atoms with E-state index in [-0.39, 0.29) is 31.0 Å². The fourth-order valence-corrected chi connectivity index (χ4v) is 3.74. The quantitative estimate of drug-likeness (QED) is 0.470. The molecule has 1 aliphatic rings. The number of esters is 1. The van der Waals surface area contributed by atoms with Crippen molar-refractivity contribution in [3.63, 3.8) is 0 Å². The van der Waals surface area contributed by atoms with Gasteiger partial charge in [0.1, 0.15) is 5.70 Å². The summed E-state index contributed by atoms with van der Waals surface area (Å²) in [5, 5.41) is 12.9. The van der Waals surface area contributed by atoms with Crippen molar-refractivity contribution in [1.29, 1.82) is 0 Å². The van der Waals surface area contributed by atoms with Gasteiger partial charge in [-0.05, 0) is 24.3 Å². The second-order valence-corrected chi connectivity index (χ2v) is 7.43. The molecule has 4 rings (SSSR count). The Hall–Kier alpha value is -4.24. The molecule has 2 amide bonds. The third-order valence-electron chi connectivity index (χ3n) is 5.39. The first-order valence-electron chi connectivity index (χ1n) is 10.2. The highest BCUT2D eigenvalue weighted by atomic mass is 16.5. The largest absolute Gasteiger partial charge is 0.466 e. The van der Waals surface area contributed by atoms with E-state index in [4.69, 9.17) is 10.5 Å². The van der Waals surface area contributed by atoms with Crippen LogP contribution >= 0.6 is 0 Å². The number of pyridine rings is 1. The highest BCUT2D eigenvalue weighted by molar-refractivity contribution is 6.09. The van der Waals surface area contributed by atoms with Gasteiger partial charge < -0.3 is 25.8 Å². The van der Waals surface area contributed by atoms with Gasteiger partial charge in [0.05, 0.1) is 42.6 Å². The Morgan fingerprint density at radius 1 is 1.18 bits per heavy atom. The number of methoxy groups -OCH3 is 1. The Morgan fingerprint density at radius 3 is 2.58 bits per heavy atom. The summed E-state index contributed by atoms with van der Waals surface area (Å²) >= 11 is 0. The number of aliphatic hydroxyl groups excluding tert-OH is 1. The highest BCUT2D eigenvalue weighted by Gasteiger charge is 2.34. The maximum atomic E-state index is 12.7. The summed E-state index contributed by atoms with van der Waals surface area (Å²) in [6.07, 6.45) is 0. The Balaban J connectivity index is 1.64. The maximum absolute atomic E-state index is 12.7. The Kier molecular flexibility index (Phi) is 6.05. The van der Waals surface area contributed by atoms with E-state index < -0.39 is 17.8 Å². The first-order chi connectivity index (χ1) is 15.9. The number of nitrogens with one attached hydrogen (secondary N) is 1. The van der Waals surface area contributed by atoms with Gasteiger partial charge in [-0.2, -0.15) is 0 Å². The first-order valence-corrected chi connectivity index (χ1v) is 10.2. The van der Waals surface area contributed by atoms with E-state index in [0.717, 1.165) is 5.56 Å². The number of β-amino-alcohol motifs (C(OH)–C–C–N with tert-alkyl or cyclic N) is 1. The molecule has 9 nitrogen and oxygen atoms in total. The molecule has 0 fully saturated rings. The van der Waals surface area contributed by atoms with Gasteiger partial charge in [-0.1, -0.05) is 30.3 Å². The van der Waals surface area contributed by atoms with E-state index in [9.17, 15) is 19.5 Å². The smallest absolute Gasteiger partial charge is 0.337 e. The molecule has 0 saturated heterocycles. The standard InChI is InChI=1S/C24H22N4O5/c1-33-24(32)18-13-28(10-11-29)23(31)21(18)26-15-8-6-14(7-9-15)20-12-17(22(25)30)16-4-2-3-5-19(16)27-20/h2-9,12,26,29H,10-11,13H2,1H3,(H2,25,30). The molecule has 1 aliphatic heterocycles. The summed E-state index contributed by atoms with van der Waals surface area (Å²) < 4.78 is 4.80. The predicted octanol–water partition coefficient (Wildman–Crippen LogP) is 1.67. The Labute approximate surface area is 189 Å². The lowest BCUT2D eigenvalue weighted by Crippen LogP contribution is -2.31. The maximum Gasteiger partial charge on any atom is 0.337 e. The van der Waals surface area contributed by atoms with Gasteiger partial charge in [-0.15, -0.1) is 0 Å². The minimum Gasteiger partial charge on any atom is -0.466 e. The van der Waals surface area contributed by atoms with E-state index in [2.05, 4.69) is 10.3 Å². The topological polar surface area (TPSA) is 135 Å². The number of para-hydroxylation sites is 1. The van der Waals surface area contributed by atoms with Gasteiger partial charge in [0.2, 0.25) is 5.91 Å². The number of benzene rings is 2. The van der Waals surface area contributed by atoms with Crippen molar-refractivity contribution >= 4 is 34.4 Å². The molecule has 2 heterocycles. The van der Waals surface area contributed by atoms with E-state index in [1.54, 1.807) is 36.4 Å². The average Bonchev–Trinajstić information content (AvgIpc) is 3.13. The van der Waals surface area contributed by atoms with Crippen molar-refractivity contribution in [2.45, 2.75) is 0 Å². The van der Waals surface area contributed by atoms with Crippen LogP contribution in [-0.2, 0) is 14.3 Å². The van der Waals surface area contributed by atoms with Gasteiger partial charge in [0.15, 0.2) is 0 Å². The number of aliphatic hydroxyl groups is 1. The molecule has 0 spiro atoms. The number of anilines is 1. The molecule has 4 N–H and O–H groups in total. The number of aromatic nitrogens is 1. The van der Waals surface area contributed by atoms with Gasteiger partial charge in [-0.3, -0.25) is 9.59 Å². The number of nitrogens with two attached hydrogens (primary N) is 1. The number of ether oxygens (including phenoxy) is 1. The number of amides is 2. The molecule has 1 aromatic heterocycles. The van der Waals surface area contributed by atoms with Crippen LogP contribution < -0.4 is 11.1 Å². The van der Waals surface area contributed by atoms with E-state index >= 15 is 0 Å². The zero-order valence-corrected chi connectivity index (χ0v) is 17.9. The summed E-state index contributed by atoms with van der Waals surface area (Å²) in [6.45, 7) is -0.0448. The lowest BCUT2D eigenvalue weighted by molar-refractivity contribution is -0.136. The molecule has 3 aromatic rings. The monoisotopic (exact) mass is 446 g/mol. The first kappa shape index (κ1) is 22.0. The van der Waals surface area contributed by atoms with Gasteiger partial charge in [0.25, 0.3) is 5.91 Å². The molecule has 168 valence electrons. The van der Waals surface area contributed by atoms with Crippen LogP contribution in [0.5, 0.6) is 0 Å². The molecule has 9 heteroatoms. The third kappa shape index (κ3) is 4.26. The number of hydrogen-bond acceptors (Lipinski definition) is 7. The number of fused-ring (bicyclic) bond motifs is 1. The van der Waals surface area contributed by atoms with Crippen molar-refractivity contribution in [3.05, 3.63) is 71.4 Å². The van der Waals surface area contributed by atoms with Gasteiger partial charge in [-0.25, -0.2) is 9.78 Å². The Bertz CT molecular complexity index is 1280. The second kappa shape index (κ2) is 9.09. The molecular formula is C24H22N4O5. The number of nitrogens with zero attached hydrogens (tertiary/aromatic N) is 2. The number of carbonyl (C=O) groups is 3. The number of rotatable bonds is 7. The molecular weight excluding hydrogens is 424 g/mol. The third-order valence-corrected chi connectivity index (χ3v) is 5.39. The minimum absolute atomic E-state index is 0.0589. The normalized spacial score (nSPS) is 13.5. The van der Waals surface area contributed by atoms with E-state index in [1.807, 2.05) is 18.2 Å². The molecule has 0 radical (unpaired) electrons. The summed E-state index contributed by atoms with van der Waals surface area (Å²) in [6, 6.07) is 16.0. The fourth-order valence-electron chi connectivity index (χ4n) is 3.74. The Morgan fingerprint density at radius 2 is 1.91 bits per heavy atom. The molecule has 0 saturated carbocycles. The molecule has 2 aromatic carbocycles. The summed E-state index contributed by atoms with van der Waals surface area (Å²) in [4.78, 5) is 42.8. The van der Waals surface area contributed by atoms with Crippen LogP contribution in [0, 0.1) is 0 Å². The molecule has 0 aliphatic carbocycles. The van der Waals surface area contributed by atoms with Crippen LogP contribution in [0.1, 0.15) is 10.4 Å². The molecule has 33 heavy (non-hydrogen) atoms. The summed E-state index contributed by atoms with van der Waals surface area (Å²) in [5.74, 6) is -1.54. The van der Waals surface area contributed by atoms with Crippen molar-refractivity contribution < 1.29 is 24.2 Å².